The van der Waals surface area contributed by atoms with Gasteiger partial charge in [-0.05, 0) is 78.0 Å². The molecule has 1 aromatic carbocycles. The molecular formula is C19H22ClF3N4O3. The topological polar surface area (TPSA) is 84.4 Å². The number of β-amino-alcohol motifs (C(OH)–C–C–N with tert-alkyl or cyclic N) is 1. The molecule has 0 spiro atoms. The fourth-order valence-corrected chi connectivity index (χ4v) is 4.04. The molecule has 164 valence electrons. The summed E-state index contributed by atoms with van der Waals surface area (Å²) < 4.78 is 39.5. The number of likely N-dealkylation sites (tertiary alicyclic amines) is 1. The first kappa shape index (κ1) is 22.5. The van der Waals surface area contributed by atoms with Gasteiger partial charge in [0.1, 0.15) is 6.20 Å². The van der Waals surface area contributed by atoms with Gasteiger partial charge in [-0.2, -0.15) is 13.2 Å². The molecule has 3 rings (SSSR count). The van der Waals surface area contributed by atoms with Crippen LogP contribution in [0.5, 0.6) is 0 Å². The number of hydrogen-bond donors (Lipinski definition) is 1. The minimum Gasteiger partial charge on any atom is -0.387 e. The monoisotopic (exact) mass is 446 g/mol. The zero-order valence-corrected chi connectivity index (χ0v) is 17.0. The summed E-state index contributed by atoms with van der Waals surface area (Å²) in [5, 5.41) is 21.5. The van der Waals surface area contributed by atoms with Gasteiger partial charge < -0.3 is 20.1 Å². The predicted octanol–water partition coefficient (Wildman–Crippen LogP) is 4.09. The van der Waals surface area contributed by atoms with E-state index in [1.165, 1.54) is 22.9 Å². The molecule has 0 saturated carbocycles. The first-order chi connectivity index (χ1) is 13.9. The average molecular weight is 447 g/mol. The van der Waals surface area contributed by atoms with Crippen molar-refractivity contribution in [2.45, 2.75) is 44.0 Å². The van der Waals surface area contributed by atoms with Crippen LogP contribution in [0.25, 0.3) is 0 Å². The van der Waals surface area contributed by atoms with Gasteiger partial charge in [0.05, 0.1) is 17.7 Å². The number of nitro groups is 1. The Morgan fingerprint density at radius 2 is 1.83 bits per heavy atom. The number of rotatable bonds is 6. The fourth-order valence-electron chi connectivity index (χ4n) is 3.85. The molecule has 30 heavy (non-hydrogen) atoms. The zero-order valence-electron chi connectivity index (χ0n) is 16.3. The second-order valence-electron chi connectivity index (χ2n) is 7.92. The van der Waals surface area contributed by atoms with Crippen LogP contribution in [0.15, 0.2) is 30.5 Å². The normalized spacial score (nSPS) is 18.3. The first-order valence-corrected chi connectivity index (χ1v) is 9.81. The van der Waals surface area contributed by atoms with Gasteiger partial charge >= 0.3 is 17.3 Å². The number of imidazole rings is 1. The number of alkyl halides is 3. The van der Waals surface area contributed by atoms with Crippen LogP contribution in [0, 0.1) is 10.1 Å². The van der Waals surface area contributed by atoms with Crippen LogP contribution in [-0.4, -0.2) is 49.7 Å². The molecular weight excluding hydrogens is 425 g/mol. The maximum atomic E-state index is 12.7. The molecule has 1 aliphatic rings. The second-order valence-corrected chi connectivity index (χ2v) is 8.26. The van der Waals surface area contributed by atoms with Gasteiger partial charge in [-0.1, -0.05) is 12.1 Å². The van der Waals surface area contributed by atoms with Gasteiger partial charge in [-0.25, -0.2) is 0 Å². The minimum absolute atomic E-state index is 0.0471. The Morgan fingerprint density at radius 3 is 2.33 bits per heavy atom. The van der Waals surface area contributed by atoms with Crippen molar-refractivity contribution in [2.24, 2.45) is 0 Å². The predicted molar refractivity (Wildman–Crippen MR) is 104 cm³/mol. The summed E-state index contributed by atoms with van der Waals surface area (Å²) in [5.41, 5.74) is -0.968. The van der Waals surface area contributed by atoms with Gasteiger partial charge in [0.15, 0.2) is 0 Å². The Bertz CT molecular complexity index is 891. The highest BCUT2D eigenvalue weighted by molar-refractivity contribution is 6.28. The highest BCUT2D eigenvalue weighted by Gasteiger charge is 2.32. The molecule has 1 saturated heterocycles. The lowest BCUT2D eigenvalue weighted by atomic mass is 9.88. The minimum atomic E-state index is -4.34. The Kier molecular flexibility index (Phi) is 6.40. The molecule has 0 bridgehead atoms. The molecule has 1 atom stereocenters. The van der Waals surface area contributed by atoms with Crippen molar-refractivity contribution in [3.8, 4) is 0 Å². The third kappa shape index (κ3) is 5.50. The van der Waals surface area contributed by atoms with E-state index in [-0.39, 0.29) is 23.6 Å². The third-order valence-corrected chi connectivity index (χ3v) is 5.58. The summed E-state index contributed by atoms with van der Waals surface area (Å²) in [4.78, 5) is 15.9. The number of piperidine rings is 1. The van der Waals surface area contributed by atoms with Crippen molar-refractivity contribution >= 4 is 17.4 Å². The molecule has 1 aromatic heterocycles. The van der Waals surface area contributed by atoms with Gasteiger partial charge in [-0.15, -0.1) is 0 Å². The van der Waals surface area contributed by atoms with E-state index in [2.05, 4.69) is 9.88 Å². The van der Waals surface area contributed by atoms with Gasteiger partial charge in [0.2, 0.25) is 0 Å². The van der Waals surface area contributed by atoms with E-state index >= 15 is 0 Å². The van der Waals surface area contributed by atoms with Crippen molar-refractivity contribution < 1.29 is 23.2 Å². The first-order valence-electron chi connectivity index (χ1n) is 9.43. The number of aliphatic hydroxyl groups is 1. The summed E-state index contributed by atoms with van der Waals surface area (Å²) in [5.74, 6) is -0.215. The summed E-state index contributed by atoms with van der Waals surface area (Å²) >= 11 is 5.92. The molecule has 1 N–H and O–H groups in total. The van der Waals surface area contributed by atoms with Gasteiger partial charge in [-0.3, -0.25) is 4.57 Å². The Labute approximate surface area is 176 Å². The van der Waals surface area contributed by atoms with E-state index < -0.39 is 22.3 Å². The zero-order chi connectivity index (χ0) is 22.1. The molecule has 0 radical (unpaired) electrons. The third-order valence-electron chi connectivity index (χ3n) is 5.27. The van der Waals surface area contributed by atoms with E-state index in [1.807, 2.05) is 0 Å². The van der Waals surface area contributed by atoms with Crippen molar-refractivity contribution in [1.29, 1.82) is 0 Å². The number of nitrogens with zero attached hydrogens (tertiary/aromatic N) is 4. The van der Waals surface area contributed by atoms with Gasteiger partial charge in [0.25, 0.3) is 0 Å². The van der Waals surface area contributed by atoms with Crippen molar-refractivity contribution in [3.63, 3.8) is 0 Å². The summed E-state index contributed by atoms with van der Waals surface area (Å²) in [7, 11) is 0. The summed E-state index contributed by atoms with van der Waals surface area (Å²) in [6.07, 6.45) is -1.63. The van der Waals surface area contributed by atoms with E-state index in [0.29, 0.717) is 19.6 Å². The highest BCUT2D eigenvalue weighted by Crippen LogP contribution is 2.33. The molecule has 11 heteroatoms. The van der Waals surface area contributed by atoms with Crippen LogP contribution in [0.4, 0.5) is 19.0 Å². The van der Waals surface area contributed by atoms with Crippen LogP contribution in [0.3, 0.4) is 0 Å². The van der Waals surface area contributed by atoms with E-state index in [9.17, 15) is 28.4 Å². The van der Waals surface area contributed by atoms with Crippen molar-refractivity contribution in [3.05, 3.63) is 57.0 Å². The lowest BCUT2D eigenvalue weighted by molar-refractivity contribution is -0.389. The fraction of sp³-hybridized carbons (Fsp3) is 0.526. The quantitative estimate of drug-likeness (QED) is 0.533. The summed E-state index contributed by atoms with van der Waals surface area (Å²) in [6, 6.07) is 5.29. The SMILES string of the molecule is CC(O)(CN1CCC(c2ccc(C(F)(F)F)cc2)CC1)Cn1cc([N+](=O)[O-])nc1Cl. The molecule has 1 unspecified atom stereocenters. The summed E-state index contributed by atoms with van der Waals surface area (Å²) in [6.45, 7) is 3.36. The molecule has 1 fully saturated rings. The number of aromatic nitrogens is 2. The molecule has 2 heterocycles. The molecule has 2 aromatic rings. The van der Waals surface area contributed by atoms with Crippen LogP contribution in [0.1, 0.15) is 36.8 Å². The average Bonchev–Trinajstić information content (AvgIpc) is 3.01. The van der Waals surface area contributed by atoms with Crippen LogP contribution in [0.2, 0.25) is 5.28 Å². The van der Waals surface area contributed by atoms with E-state index in [0.717, 1.165) is 30.5 Å². The van der Waals surface area contributed by atoms with Gasteiger partial charge in [0, 0.05) is 6.54 Å². The van der Waals surface area contributed by atoms with Crippen molar-refractivity contribution in [2.75, 3.05) is 19.6 Å². The maximum Gasteiger partial charge on any atom is 0.416 e. The Balaban J connectivity index is 1.55. The number of hydrogen-bond acceptors (Lipinski definition) is 5. The standard InChI is InChI=1S/C19H22ClF3N4O3/c1-18(28,12-26-10-16(27(29)30)24-17(26)20)11-25-8-6-14(7-9-25)13-2-4-15(5-3-13)19(21,22)23/h2-5,10,14,28H,6-9,11-12H2,1H3. The molecule has 7 nitrogen and oxygen atoms in total. The second kappa shape index (κ2) is 8.52. The molecule has 0 amide bonds. The van der Waals surface area contributed by atoms with E-state index in [1.54, 1.807) is 6.92 Å². The molecule has 0 aliphatic carbocycles. The van der Waals surface area contributed by atoms with Crippen molar-refractivity contribution in [1.82, 2.24) is 14.5 Å². The largest absolute Gasteiger partial charge is 0.416 e. The van der Waals surface area contributed by atoms with Crippen LogP contribution in [-0.2, 0) is 12.7 Å². The van der Waals surface area contributed by atoms with E-state index in [4.69, 9.17) is 11.6 Å². The number of halogens is 4. The lowest BCUT2D eigenvalue weighted by Gasteiger charge is -2.36. The molecule has 1 aliphatic heterocycles. The highest BCUT2D eigenvalue weighted by atomic mass is 35.5. The Morgan fingerprint density at radius 1 is 1.23 bits per heavy atom. The Hall–Kier alpha value is -2.17. The maximum absolute atomic E-state index is 12.7. The smallest absolute Gasteiger partial charge is 0.387 e. The lowest BCUT2D eigenvalue weighted by Crippen LogP contribution is -2.46. The van der Waals surface area contributed by atoms with Crippen LogP contribution < -0.4 is 0 Å². The number of benzene rings is 1. The van der Waals surface area contributed by atoms with Crippen LogP contribution >= 0.6 is 11.6 Å².